The van der Waals surface area contributed by atoms with E-state index < -0.39 is 25.1 Å². The van der Waals surface area contributed by atoms with E-state index in [1.165, 1.54) is 23.5 Å². The Morgan fingerprint density at radius 1 is 1.30 bits per heavy atom. The molecule has 4 rings (SSSR count). The Labute approximate surface area is 185 Å². The minimum atomic E-state index is -4.30. The number of nitrogens with zero attached hydrogens (tertiary/aromatic N) is 4. The Kier molecular flexibility index (Phi) is 5.99. The first kappa shape index (κ1) is 22.2. The number of carbonyl (C=O) groups is 2. The summed E-state index contributed by atoms with van der Waals surface area (Å²) < 4.78 is 47.0. The molecular weight excluding hydrogens is 443 g/mol. The fourth-order valence-electron chi connectivity index (χ4n) is 3.33. The van der Waals surface area contributed by atoms with Crippen molar-refractivity contribution in [2.45, 2.75) is 32.6 Å². The smallest absolute Gasteiger partial charge is 0.392 e. The molecule has 0 bridgehead atoms. The minimum absolute atomic E-state index is 0.00722. The second-order valence-corrected chi connectivity index (χ2v) is 7.32. The number of aromatic nitrogens is 3. The fourth-order valence-corrected chi connectivity index (χ4v) is 3.33. The SMILES string of the molecule is Cc1cc(CN2Cc3c(ccnc3NC(=O)c3cnco3)C2=O)ncc1OCCC(F)(F)F. The van der Waals surface area contributed by atoms with Crippen LogP contribution in [-0.2, 0) is 13.1 Å². The normalized spacial score (nSPS) is 13.2. The maximum Gasteiger partial charge on any atom is 0.392 e. The molecule has 0 radical (unpaired) electrons. The third-order valence-corrected chi connectivity index (χ3v) is 4.93. The van der Waals surface area contributed by atoms with Crippen molar-refractivity contribution in [3.05, 3.63) is 65.3 Å². The lowest BCUT2D eigenvalue weighted by Gasteiger charge is -2.16. The number of amides is 2. The molecule has 0 unspecified atom stereocenters. The molecule has 1 N–H and O–H groups in total. The summed E-state index contributed by atoms with van der Waals surface area (Å²) in [6.45, 7) is 1.54. The highest BCUT2D eigenvalue weighted by Crippen LogP contribution is 2.30. The first-order valence-corrected chi connectivity index (χ1v) is 9.83. The van der Waals surface area contributed by atoms with Crippen molar-refractivity contribution in [2.75, 3.05) is 11.9 Å². The van der Waals surface area contributed by atoms with E-state index in [1.54, 1.807) is 19.1 Å². The van der Waals surface area contributed by atoms with E-state index in [0.717, 1.165) is 6.39 Å². The van der Waals surface area contributed by atoms with Gasteiger partial charge in [0.05, 0.1) is 44.2 Å². The fraction of sp³-hybridized carbons (Fsp3) is 0.286. The third-order valence-electron chi connectivity index (χ3n) is 4.93. The Morgan fingerprint density at radius 2 is 2.12 bits per heavy atom. The van der Waals surface area contributed by atoms with Crippen LogP contribution in [0.15, 0.2) is 41.5 Å². The Morgan fingerprint density at radius 3 is 2.82 bits per heavy atom. The van der Waals surface area contributed by atoms with Crippen molar-refractivity contribution < 1.29 is 31.9 Å². The highest BCUT2D eigenvalue weighted by molar-refractivity contribution is 6.04. The van der Waals surface area contributed by atoms with Crippen molar-refractivity contribution in [1.82, 2.24) is 19.9 Å². The van der Waals surface area contributed by atoms with E-state index in [9.17, 15) is 22.8 Å². The van der Waals surface area contributed by atoms with Gasteiger partial charge in [-0.1, -0.05) is 0 Å². The number of halogens is 3. The number of alkyl halides is 3. The third kappa shape index (κ3) is 5.10. The summed E-state index contributed by atoms with van der Waals surface area (Å²) in [5.74, 6) is -0.305. The van der Waals surface area contributed by atoms with Gasteiger partial charge in [0, 0.05) is 17.3 Å². The first-order valence-electron chi connectivity index (χ1n) is 9.83. The molecule has 2 amide bonds. The summed E-state index contributed by atoms with van der Waals surface area (Å²) in [6, 6.07) is 3.22. The van der Waals surface area contributed by atoms with Crippen LogP contribution in [0.2, 0.25) is 0 Å². The summed E-state index contributed by atoms with van der Waals surface area (Å²) in [6.07, 6.45) is -0.192. The predicted molar refractivity (Wildman–Crippen MR) is 107 cm³/mol. The van der Waals surface area contributed by atoms with Gasteiger partial charge in [-0.3, -0.25) is 14.6 Å². The van der Waals surface area contributed by atoms with Crippen molar-refractivity contribution in [3.63, 3.8) is 0 Å². The number of anilines is 1. The van der Waals surface area contributed by atoms with Gasteiger partial charge < -0.3 is 19.4 Å². The molecule has 0 aromatic carbocycles. The van der Waals surface area contributed by atoms with Gasteiger partial charge in [-0.05, 0) is 24.6 Å². The van der Waals surface area contributed by atoms with E-state index in [0.29, 0.717) is 22.4 Å². The van der Waals surface area contributed by atoms with Crippen LogP contribution in [0.4, 0.5) is 19.0 Å². The van der Waals surface area contributed by atoms with Crippen molar-refractivity contribution in [2.24, 2.45) is 0 Å². The summed E-state index contributed by atoms with van der Waals surface area (Å²) in [4.78, 5) is 38.7. The van der Waals surface area contributed by atoms with Gasteiger partial charge in [-0.15, -0.1) is 0 Å². The molecule has 0 aliphatic carbocycles. The van der Waals surface area contributed by atoms with E-state index in [2.05, 4.69) is 20.3 Å². The molecule has 3 aromatic rings. The summed E-state index contributed by atoms with van der Waals surface area (Å²) in [5, 5.41) is 2.62. The molecule has 9 nitrogen and oxygen atoms in total. The summed E-state index contributed by atoms with van der Waals surface area (Å²) in [5.41, 5.74) is 2.10. The van der Waals surface area contributed by atoms with Crippen LogP contribution in [0, 0.1) is 6.92 Å². The number of carbonyl (C=O) groups excluding carboxylic acids is 2. The van der Waals surface area contributed by atoms with E-state index in [1.807, 2.05) is 0 Å². The number of aryl methyl sites for hydroxylation is 1. The minimum Gasteiger partial charge on any atom is -0.491 e. The van der Waals surface area contributed by atoms with Crippen molar-refractivity contribution >= 4 is 17.6 Å². The Bertz CT molecular complexity index is 1180. The highest BCUT2D eigenvalue weighted by atomic mass is 19.4. The zero-order valence-corrected chi connectivity index (χ0v) is 17.3. The molecule has 0 saturated heterocycles. The maximum atomic E-state index is 12.9. The molecule has 172 valence electrons. The average molecular weight is 461 g/mol. The second kappa shape index (κ2) is 8.88. The number of nitrogens with one attached hydrogen (secondary N) is 1. The molecule has 0 atom stereocenters. The number of hydrogen-bond acceptors (Lipinski definition) is 7. The van der Waals surface area contributed by atoms with Crippen LogP contribution in [0.3, 0.4) is 0 Å². The molecule has 0 fully saturated rings. The lowest BCUT2D eigenvalue weighted by atomic mass is 10.1. The zero-order valence-electron chi connectivity index (χ0n) is 17.3. The number of hydrogen-bond donors (Lipinski definition) is 1. The number of ether oxygens (including phenoxy) is 1. The van der Waals surface area contributed by atoms with Gasteiger partial charge in [0.2, 0.25) is 5.76 Å². The molecule has 3 aromatic heterocycles. The van der Waals surface area contributed by atoms with Crippen LogP contribution in [-0.4, -0.2) is 44.4 Å². The molecule has 0 saturated carbocycles. The maximum absolute atomic E-state index is 12.9. The lowest BCUT2D eigenvalue weighted by Crippen LogP contribution is -2.24. The first-order chi connectivity index (χ1) is 15.7. The molecule has 1 aliphatic rings. The number of oxazole rings is 1. The van der Waals surface area contributed by atoms with Gasteiger partial charge in [-0.2, -0.15) is 13.2 Å². The van der Waals surface area contributed by atoms with Crippen LogP contribution in [0.5, 0.6) is 5.75 Å². The molecule has 12 heteroatoms. The lowest BCUT2D eigenvalue weighted by molar-refractivity contribution is -0.139. The van der Waals surface area contributed by atoms with Gasteiger partial charge >= 0.3 is 6.18 Å². The zero-order chi connectivity index (χ0) is 23.6. The summed E-state index contributed by atoms with van der Waals surface area (Å²) in [7, 11) is 0. The van der Waals surface area contributed by atoms with Crippen LogP contribution in [0.25, 0.3) is 0 Å². The molecule has 1 aliphatic heterocycles. The predicted octanol–water partition coefficient (Wildman–Crippen LogP) is 3.51. The summed E-state index contributed by atoms with van der Waals surface area (Å²) >= 11 is 0. The van der Waals surface area contributed by atoms with Gasteiger partial charge in [0.25, 0.3) is 11.8 Å². The number of rotatable bonds is 7. The van der Waals surface area contributed by atoms with Crippen molar-refractivity contribution in [1.29, 1.82) is 0 Å². The van der Waals surface area contributed by atoms with E-state index in [-0.39, 0.29) is 36.3 Å². The van der Waals surface area contributed by atoms with Crippen molar-refractivity contribution in [3.8, 4) is 5.75 Å². The van der Waals surface area contributed by atoms with Crippen LogP contribution in [0.1, 0.15) is 44.2 Å². The Balaban J connectivity index is 1.43. The largest absolute Gasteiger partial charge is 0.491 e. The Hall–Kier alpha value is -3.96. The average Bonchev–Trinajstić information content (AvgIpc) is 3.39. The standard InChI is InChI=1S/C21H18F3N5O4/c1-12-6-13(27-8-16(12)32-5-3-21(22,23)24)9-29-10-15-14(20(29)31)2-4-26-18(15)28-19(30)17-7-25-11-33-17/h2,4,6-8,11H,3,5,9-10H2,1H3,(H,26,28,30). The van der Waals surface area contributed by atoms with E-state index >= 15 is 0 Å². The monoisotopic (exact) mass is 461 g/mol. The number of fused-ring (bicyclic) bond motifs is 1. The quantitative estimate of drug-likeness (QED) is 0.573. The van der Waals surface area contributed by atoms with Crippen LogP contribution < -0.4 is 10.1 Å². The number of pyridine rings is 2. The second-order valence-electron chi connectivity index (χ2n) is 7.32. The van der Waals surface area contributed by atoms with E-state index in [4.69, 9.17) is 9.15 Å². The molecular formula is C21H18F3N5O4. The van der Waals surface area contributed by atoms with Gasteiger partial charge in [0.1, 0.15) is 11.6 Å². The molecule has 4 heterocycles. The topological polar surface area (TPSA) is 110 Å². The molecule has 0 spiro atoms. The van der Waals surface area contributed by atoms with Gasteiger partial charge in [-0.25, -0.2) is 9.97 Å². The van der Waals surface area contributed by atoms with Crippen LogP contribution >= 0.6 is 0 Å². The molecule has 33 heavy (non-hydrogen) atoms. The van der Waals surface area contributed by atoms with Gasteiger partial charge in [0.15, 0.2) is 6.39 Å². The highest BCUT2D eigenvalue weighted by Gasteiger charge is 2.31.